The molecule has 2 aromatic heterocycles. The zero-order chi connectivity index (χ0) is 15.6. The summed E-state index contributed by atoms with van der Waals surface area (Å²) in [5.41, 5.74) is 2.36. The zero-order valence-electron chi connectivity index (χ0n) is 12.6. The van der Waals surface area contributed by atoms with Crippen LogP contribution in [-0.4, -0.2) is 4.57 Å². The van der Waals surface area contributed by atoms with Crippen molar-refractivity contribution in [1.29, 1.82) is 5.41 Å². The molecule has 0 aliphatic heterocycles. The van der Waals surface area contributed by atoms with Gasteiger partial charge in [-0.3, -0.25) is 0 Å². The molecule has 0 aliphatic carbocycles. The van der Waals surface area contributed by atoms with Gasteiger partial charge in [0.2, 0.25) is 0 Å². The van der Waals surface area contributed by atoms with Gasteiger partial charge in [0.15, 0.2) is 0 Å². The first-order chi connectivity index (χ1) is 11.2. The van der Waals surface area contributed by atoms with Crippen LogP contribution in [0.2, 0.25) is 0 Å². The van der Waals surface area contributed by atoms with E-state index in [1.807, 2.05) is 23.5 Å². The maximum Gasteiger partial charge on any atom is 0.0590 e. The van der Waals surface area contributed by atoms with Gasteiger partial charge in [-0.15, -0.1) is 11.3 Å². The lowest BCUT2D eigenvalue weighted by Gasteiger charge is -2.17. The van der Waals surface area contributed by atoms with Crippen LogP contribution in [-0.2, 0) is 7.05 Å². The first kappa shape index (κ1) is 12.9. The number of fused-ring (bicyclic) bond motifs is 4. The number of nitrogens with zero attached hydrogens (tertiary/aromatic N) is 1. The van der Waals surface area contributed by atoms with Crippen molar-refractivity contribution >= 4 is 53.3 Å². The molecule has 3 heteroatoms. The molecule has 0 unspecified atom stereocenters. The smallest absolute Gasteiger partial charge is 0.0590 e. The molecule has 0 bridgehead atoms. The maximum absolute atomic E-state index is 7.99. The molecule has 110 valence electrons. The second-order valence-electron chi connectivity index (χ2n) is 5.92. The second kappa shape index (κ2) is 4.43. The van der Waals surface area contributed by atoms with Gasteiger partial charge in [0.25, 0.3) is 0 Å². The Morgan fingerprint density at radius 1 is 0.826 bits per heavy atom. The van der Waals surface area contributed by atoms with Crippen LogP contribution in [0.4, 0.5) is 0 Å². The van der Waals surface area contributed by atoms with E-state index >= 15 is 0 Å². The SMILES string of the molecule is Cn1c2cc(=N)ccc2c2cccc3sc4ccccc4c1c32. The number of hydrogen-bond acceptors (Lipinski definition) is 2. The minimum atomic E-state index is 0.550. The third-order valence-corrected chi connectivity index (χ3v) is 5.75. The molecule has 23 heavy (non-hydrogen) atoms. The minimum Gasteiger partial charge on any atom is -0.343 e. The number of rotatable bonds is 0. The van der Waals surface area contributed by atoms with Crippen molar-refractivity contribution in [2.45, 2.75) is 0 Å². The lowest BCUT2D eigenvalue weighted by Crippen LogP contribution is -2.03. The Kier molecular flexibility index (Phi) is 2.48. The van der Waals surface area contributed by atoms with Gasteiger partial charge in [-0.25, -0.2) is 0 Å². The molecule has 0 atom stereocenters. The average molecular weight is 314 g/mol. The maximum atomic E-state index is 7.99. The van der Waals surface area contributed by atoms with Crippen molar-refractivity contribution in [2.24, 2.45) is 7.05 Å². The van der Waals surface area contributed by atoms with Gasteiger partial charge in [-0.1, -0.05) is 36.4 Å². The molecule has 0 radical (unpaired) electrons. The minimum absolute atomic E-state index is 0.550. The Labute approximate surface area is 136 Å². The topological polar surface area (TPSA) is 28.8 Å². The summed E-state index contributed by atoms with van der Waals surface area (Å²) >= 11 is 1.84. The predicted molar refractivity (Wildman–Crippen MR) is 99.2 cm³/mol. The highest BCUT2D eigenvalue weighted by atomic mass is 32.1. The van der Waals surface area contributed by atoms with Crippen LogP contribution >= 0.6 is 11.3 Å². The summed E-state index contributed by atoms with van der Waals surface area (Å²) < 4.78 is 4.85. The van der Waals surface area contributed by atoms with Crippen molar-refractivity contribution in [3.05, 3.63) is 66.0 Å². The Balaban J connectivity index is 2.26. The molecule has 0 spiro atoms. The molecule has 1 N–H and O–H groups in total. The summed E-state index contributed by atoms with van der Waals surface area (Å²) in [6.45, 7) is 0. The van der Waals surface area contributed by atoms with E-state index in [1.165, 1.54) is 36.5 Å². The van der Waals surface area contributed by atoms with E-state index in [0.29, 0.717) is 5.36 Å². The third-order valence-electron chi connectivity index (χ3n) is 4.61. The van der Waals surface area contributed by atoms with Crippen molar-refractivity contribution in [3.8, 4) is 0 Å². The summed E-state index contributed by atoms with van der Waals surface area (Å²) in [7, 11) is 2.11. The Bertz CT molecular complexity index is 1290. The lowest BCUT2D eigenvalue weighted by atomic mass is 10.0. The molecule has 0 aliphatic rings. The molecular formula is C20H14N2S. The molecule has 2 nitrogen and oxygen atoms in total. The molecule has 0 saturated carbocycles. The van der Waals surface area contributed by atoms with Crippen LogP contribution in [0, 0.1) is 5.41 Å². The van der Waals surface area contributed by atoms with E-state index in [9.17, 15) is 0 Å². The van der Waals surface area contributed by atoms with Crippen molar-refractivity contribution in [3.63, 3.8) is 0 Å². The van der Waals surface area contributed by atoms with Crippen LogP contribution in [0.25, 0.3) is 42.0 Å². The van der Waals surface area contributed by atoms with E-state index in [-0.39, 0.29) is 0 Å². The van der Waals surface area contributed by atoms with Crippen LogP contribution in [0.1, 0.15) is 0 Å². The fourth-order valence-corrected chi connectivity index (χ4v) is 4.71. The lowest BCUT2D eigenvalue weighted by molar-refractivity contribution is 1.01. The van der Waals surface area contributed by atoms with E-state index in [0.717, 1.165) is 5.52 Å². The second-order valence-corrected chi connectivity index (χ2v) is 7.00. The van der Waals surface area contributed by atoms with Crippen molar-refractivity contribution < 1.29 is 0 Å². The fraction of sp³-hybridized carbons (Fsp3) is 0.0500. The van der Waals surface area contributed by atoms with Crippen LogP contribution in [0.5, 0.6) is 0 Å². The number of aromatic nitrogens is 1. The zero-order valence-corrected chi connectivity index (χ0v) is 13.4. The summed E-state index contributed by atoms with van der Waals surface area (Å²) in [5, 5.41) is 13.6. The molecule has 0 fully saturated rings. The van der Waals surface area contributed by atoms with E-state index in [1.54, 1.807) is 0 Å². The van der Waals surface area contributed by atoms with Gasteiger partial charge in [0.05, 0.1) is 16.4 Å². The van der Waals surface area contributed by atoms with Gasteiger partial charge in [-0.05, 0) is 29.7 Å². The van der Waals surface area contributed by atoms with E-state index in [4.69, 9.17) is 5.41 Å². The van der Waals surface area contributed by atoms with Gasteiger partial charge in [0, 0.05) is 32.6 Å². The van der Waals surface area contributed by atoms with Gasteiger partial charge in [0.1, 0.15) is 0 Å². The van der Waals surface area contributed by atoms with Gasteiger partial charge in [-0.2, -0.15) is 0 Å². The molecule has 2 heterocycles. The monoisotopic (exact) mass is 314 g/mol. The standard InChI is InChI=1S/C20H14N2S/c1-22-16-11-12(21)9-10-13(16)14-6-4-8-18-19(14)20(22)15-5-2-3-7-17(15)23-18/h2-11,21H,1H3. The summed E-state index contributed by atoms with van der Waals surface area (Å²) in [4.78, 5) is 0. The first-order valence-electron chi connectivity index (χ1n) is 7.61. The first-order valence-corrected chi connectivity index (χ1v) is 8.43. The summed E-state index contributed by atoms with van der Waals surface area (Å²) in [6.07, 6.45) is 0. The van der Waals surface area contributed by atoms with Gasteiger partial charge < -0.3 is 9.98 Å². The highest BCUT2D eigenvalue weighted by Gasteiger charge is 2.13. The largest absolute Gasteiger partial charge is 0.343 e. The summed E-state index contributed by atoms with van der Waals surface area (Å²) in [5.74, 6) is 0. The Morgan fingerprint density at radius 2 is 1.61 bits per heavy atom. The van der Waals surface area contributed by atoms with Crippen molar-refractivity contribution in [1.82, 2.24) is 4.57 Å². The number of benzene rings is 3. The molecule has 5 aromatic rings. The quantitative estimate of drug-likeness (QED) is 0.301. The molecule has 0 amide bonds. The molecular weight excluding hydrogens is 300 g/mol. The predicted octanol–water partition coefficient (Wildman–Crippen LogP) is 5.18. The normalized spacial score (nSPS) is 11.9. The van der Waals surface area contributed by atoms with Crippen LogP contribution in [0.15, 0.2) is 60.7 Å². The fourth-order valence-electron chi connectivity index (χ4n) is 3.60. The van der Waals surface area contributed by atoms with E-state index < -0.39 is 0 Å². The number of aryl methyl sites for hydroxylation is 1. The van der Waals surface area contributed by atoms with Crippen LogP contribution in [0.3, 0.4) is 0 Å². The number of nitrogens with one attached hydrogen (secondary N) is 1. The third kappa shape index (κ3) is 1.65. The van der Waals surface area contributed by atoms with E-state index in [2.05, 4.69) is 60.1 Å². The molecule has 5 rings (SSSR count). The molecule has 3 aromatic carbocycles. The number of pyridine rings is 1. The van der Waals surface area contributed by atoms with Crippen molar-refractivity contribution in [2.75, 3.05) is 0 Å². The van der Waals surface area contributed by atoms with Crippen LogP contribution < -0.4 is 5.36 Å². The van der Waals surface area contributed by atoms with Gasteiger partial charge >= 0.3 is 0 Å². The molecule has 0 saturated heterocycles. The Hall–Kier alpha value is -2.65. The highest BCUT2D eigenvalue weighted by molar-refractivity contribution is 7.25. The summed E-state index contributed by atoms with van der Waals surface area (Å²) in [6, 6.07) is 21.0. The number of hydrogen-bond donors (Lipinski definition) is 1. The highest BCUT2D eigenvalue weighted by Crippen LogP contribution is 2.39. The average Bonchev–Trinajstić information content (AvgIpc) is 2.58. The Morgan fingerprint density at radius 3 is 2.52 bits per heavy atom.